The number of carbonyl (C=O) groups is 1. The summed E-state index contributed by atoms with van der Waals surface area (Å²) in [7, 11) is -3.44. The summed E-state index contributed by atoms with van der Waals surface area (Å²) in [5.41, 5.74) is 1.61. The highest BCUT2D eigenvalue weighted by molar-refractivity contribution is 7.92. The number of hydrogen-bond donors (Lipinski definition) is 1. The van der Waals surface area contributed by atoms with Crippen molar-refractivity contribution in [3.05, 3.63) is 60.2 Å². The molecule has 1 aliphatic heterocycles. The molecule has 138 valence electrons. The Morgan fingerprint density at radius 1 is 1.15 bits per heavy atom. The highest BCUT2D eigenvalue weighted by Gasteiger charge is 2.30. The van der Waals surface area contributed by atoms with Crippen LogP contribution in [0.5, 0.6) is 5.75 Å². The van der Waals surface area contributed by atoms with Gasteiger partial charge in [-0.2, -0.15) is 0 Å². The molecule has 1 atom stereocenters. The van der Waals surface area contributed by atoms with E-state index < -0.39 is 16.1 Å². The SMILES string of the molecule is CS(=O)(=O)N1CCC(C(=O)NCCc2ccccc2)Oc2ccccc21. The van der Waals surface area contributed by atoms with Gasteiger partial charge in [-0.25, -0.2) is 8.42 Å². The average molecular weight is 374 g/mol. The van der Waals surface area contributed by atoms with Crippen LogP contribution in [0.3, 0.4) is 0 Å². The molecule has 0 saturated carbocycles. The first-order valence-electron chi connectivity index (χ1n) is 8.50. The first-order valence-corrected chi connectivity index (χ1v) is 10.3. The van der Waals surface area contributed by atoms with E-state index in [9.17, 15) is 13.2 Å². The van der Waals surface area contributed by atoms with Gasteiger partial charge in [0.1, 0.15) is 5.75 Å². The van der Waals surface area contributed by atoms with Crippen LogP contribution < -0.4 is 14.4 Å². The molecule has 0 aromatic heterocycles. The van der Waals surface area contributed by atoms with Crippen molar-refractivity contribution in [3.63, 3.8) is 0 Å². The molecule has 1 amide bonds. The normalized spacial score (nSPS) is 17.0. The van der Waals surface area contributed by atoms with Gasteiger partial charge in [-0.1, -0.05) is 42.5 Å². The molecule has 1 aliphatic rings. The summed E-state index contributed by atoms with van der Waals surface area (Å²) < 4.78 is 31.3. The lowest BCUT2D eigenvalue weighted by molar-refractivity contribution is -0.128. The number of fused-ring (bicyclic) bond motifs is 1. The van der Waals surface area contributed by atoms with Crippen LogP contribution >= 0.6 is 0 Å². The highest BCUT2D eigenvalue weighted by atomic mass is 32.2. The van der Waals surface area contributed by atoms with Crippen LogP contribution in [0.15, 0.2) is 54.6 Å². The second-order valence-corrected chi connectivity index (χ2v) is 8.13. The zero-order valence-electron chi connectivity index (χ0n) is 14.6. The first-order chi connectivity index (χ1) is 12.4. The zero-order chi connectivity index (χ0) is 18.6. The number of hydrogen-bond acceptors (Lipinski definition) is 4. The number of nitrogens with zero attached hydrogens (tertiary/aromatic N) is 1. The molecule has 26 heavy (non-hydrogen) atoms. The smallest absolute Gasteiger partial charge is 0.261 e. The van der Waals surface area contributed by atoms with Crippen LogP contribution in [0.2, 0.25) is 0 Å². The molecular formula is C19H22N2O4S. The fourth-order valence-corrected chi connectivity index (χ4v) is 3.89. The summed E-state index contributed by atoms with van der Waals surface area (Å²) in [5.74, 6) is 0.171. The van der Waals surface area contributed by atoms with E-state index in [1.165, 1.54) is 4.31 Å². The van der Waals surface area contributed by atoms with Crippen LogP contribution in [0.25, 0.3) is 0 Å². The van der Waals surface area contributed by atoms with Crippen LogP contribution in [0.4, 0.5) is 5.69 Å². The van der Waals surface area contributed by atoms with Gasteiger partial charge in [0.15, 0.2) is 6.10 Å². The van der Waals surface area contributed by atoms with E-state index in [1.54, 1.807) is 24.3 Å². The van der Waals surface area contributed by atoms with Crippen molar-refractivity contribution in [2.45, 2.75) is 18.9 Å². The summed E-state index contributed by atoms with van der Waals surface area (Å²) in [5, 5.41) is 2.88. The standard InChI is InChI=1S/C19H22N2O4S/c1-26(23,24)21-14-12-18(25-17-10-6-5-9-16(17)21)19(22)20-13-11-15-7-3-2-4-8-15/h2-10,18H,11-14H2,1H3,(H,20,22). The number of carbonyl (C=O) groups excluding carboxylic acids is 1. The summed E-state index contributed by atoms with van der Waals surface area (Å²) in [6.07, 6.45) is 1.45. The zero-order valence-corrected chi connectivity index (χ0v) is 15.4. The minimum atomic E-state index is -3.44. The van der Waals surface area contributed by atoms with Crippen LogP contribution in [-0.4, -0.2) is 39.8 Å². The van der Waals surface area contributed by atoms with Crippen LogP contribution in [0.1, 0.15) is 12.0 Å². The Labute approximate surface area is 153 Å². The van der Waals surface area contributed by atoms with E-state index in [0.29, 0.717) is 24.4 Å². The van der Waals surface area contributed by atoms with E-state index in [1.807, 2.05) is 30.3 Å². The van der Waals surface area contributed by atoms with E-state index in [4.69, 9.17) is 4.74 Å². The Balaban J connectivity index is 1.67. The number of benzene rings is 2. The summed E-state index contributed by atoms with van der Waals surface area (Å²) in [4.78, 5) is 12.5. The molecule has 0 aliphatic carbocycles. The van der Waals surface area contributed by atoms with Gasteiger partial charge >= 0.3 is 0 Å². The Bertz CT molecular complexity index is 868. The Morgan fingerprint density at radius 3 is 2.58 bits per heavy atom. The largest absolute Gasteiger partial charge is 0.478 e. The molecule has 7 heteroatoms. The molecule has 0 spiro atoms. The Morgan fingerprint density at radius 2 is 1.85 bits per heavy atom. The number of para-hydroxylation sites is 2. The number of rotatable bonds is 5. The van der Waals surface area contributed by atoms with Crippen molar-refractivity contribution in [3.8, 4) is 5.75 Å². The predicted molar refractivity (Wildman–Crippen MR) is 101 cm³/mol. The van der Waals surface area contributed by atoms with Crippen molar-refractivity contribution in [1.82, 2.24) is 5.32 Å². The predicted octanol–water partition coefficient (Wildman–Crippen LogP) is 1.96. The Kier molecular flexibility index (Phi) is 5.46. The maximum absolute atomic E-state index is 12.5. The molecule has 1 unspecified atom stereocenters. The second kappa shape index (κ2) is 7.78. The number of anilines is 1. The van der Waals surface area contributed by atoms with Gasteiger partial charge in [0.2, 0.25) is 10.0 Å². The average Bonchev–Trinajstić information content (AvgIpc) is 2.82. The van der Waals surface area contributed by atoms with Crippen LogP contribution in [-0.2, 0) is 21.2 Å². The third-order valence-electron chi connectivity index (χ3n) is 4.25. The van der Waals surface area contributed by atoms with Gasteiger partial charge in [-0.15, -0.1) is 0 Å². The molecule has 0 bridgehead atoms. The summed E-state index contributed by atoms with van der Waals surface area (Å²) in [6.45, 7) is 0.701. The third kappa shape index (κ3) is 4.35. The lowest BCUT2D eigenvalue weighted by Gasteiger charge is -2.20. The fourth-order valence-electron chi connectivity index (χ4n) is 2.95. The lowest BCUT2D eigenvalue weighted by Crippen LogP contribution is -2.40. The van der Waals surface area contributed by atoms with E-state index >= 15 is 0 Å². The van der Waals surface area contributed by atoms with Crippen molar-refractivity contribution in [2.24, 2.45) is 0 Å². The molecule has 1 N–H and O–H groups in total. The molecule has 6 nitrogen and oxygen atoms in total. The number of amides is 1. The fraction of sp³-hybridized carbons (Fsp3) is 0.316. The van der Waals surface area contributed by atoms with Crippen molar-refractivity contribution in [2.75, 3.05) is 23.7 Å². The number of sulfonamides is 1. The van der Waals surface area contributed by atoms with E-state index in [-0.39, 0.29) is 12.5 Å². The first kappa shape index (κ1) is 18.3. The summed E-state index contributed by atoms with van der Waals surface area (Å²) in [6, 6.07) is 16.8. The minimum Gasteiger partial charge on any atom is -0.478 e. The van der Waals surface area contributed by atoms with Gasteiger partial charge in [-0.3, -0.25) is 9.10 Å². The molecule has 1 heterocycles. The molecule has 0 fully saturated rings. The van der Waals surface area contributed by atoms with Gasteiger partial charge in [0.05, 0.1) is 11.9 Å². The molecule has 0 radical (unpaired) electrons. The van der Waals surface area contributed by atoms with Gasteiger partial charge < -0.3 is 10.1 Å². The maximum Gasteiger partial charge on any atom is 0.261 e. The van der Waals surface area contributed by atoms with Gasteiger partial charge in [0, 0.05) is 19.5 Å². The molecule has 3 rings (SSSR count). The van der Waals surface area contributed by atoms with Crippen molar-refractivity contribution in [1.29, 1.82) is 0 Å². The van der Waals surface area contributed by atoms with Crippen LogP contribution in [0, 0.1) is 0 Å². The number of ether oxygens (including phenoxy) is 1. The topological polar surface area (TPSA) is 75.7 Å². The molecular weight excluding hydrogens is 352 g/mol. The van der Waals surface area contributed by atoms with Gasteiger partial charge in [0.25, 0.3) is 5.91 Å². The lowest BCUT2D eigenvalue weighted by atomic mass is 10.1. The summed E-state index contributed by atoms with van der Waals surface area (Å²) >= 11 is 0. The van der Waals surface area contributed by atoms with Crippen molar-refractivity contribution >= 4 is 21.6 Å². The van der Waals surface area contributed by atoms with E-state index in [2.05, 4.69) is 5.32 Å². The minimum absolute atomic E-state index is 0.201. The number of nitrogens with one attached hydrogen (secondary N) is 1. The van der Waals surface area contributed by atoms with Crippen molar-refractivity contribution < 1.29 is 17.9 Å². The monoisotopic (exact) mass is 374 g/mol. The van der Waals surface area contributed by atoms with Gasteiger partial charge in [-0.05, 0) is 24.1 Å². The molecule has 2 aromatic carbocycles. The third-order valence-corrected chi connectivity index (χ3v) is 5.43. The van der Waals surface area contributed by atoms with E-state index in [0.717, 1.165) is 18.2 Å². The second-order valence-electron chi connectivity index (χ2n) is 6.22. The maximum atomic E-state index is 12.5. The quantitative estimate of drug-likeness (QED) is 0.868. The molecule has 2 aromatic rings. The molecule has 0 saturated heterocycles. The highest BCUT2D eigenvalue weighted by Crippen LogP contribution is 2.33. The Hall–Kier alpha value is -2.54.